The molecule has 2 aromatic rings. The standard InChI is InChI=1S/C15H18N4O3/c1-4-17-15(20)10-8-18-14(19-13(10)16)9-5-6-11(21-2)12(7-9)22-3/h5-8H,4H2,1-3H3,(H,17,20)(H2,16,18,19). The largest absolute Gasteiger partial charge is 0.493 e. The van der Waals surface area contributed by atoms with Crippen LogP contribution in [0.3, 0.4) is 0 Å². The number of nitrogens with two attached hydrogens (primary N) is 1. The van der Waals surface area contributed by atoms with Crippen LogP contribution in [0.15, 0.2) is 24.4 Å². The minimum Gasteiger partial charge on any atom is -0.493 e. The molecule has 2 rings (SSSR count). The van der Waals surface area contributed by atoms with E-state index in [0.717, 1.165) is 0 Å². The van der Waals surface area contributed by atoms with Gasteiger partial charge in [0, 0.05) is 18.3 Å². The van der Waals surface area contributed by atoms with Crippen LogP contribution in [0.2, 0.25) is 0 Å². The summed E-state index contributed by atoms with van der Waals surface area (Å²) in [4.78, 5) is 20.2. The molecule has 0 radical (unpaired) electrons. The van der Waals surface area contributed by atoms with E-state index in [-0.39, 0.29) is 17.3 Å². The second-order valence-corrected chi connectivity index (χ2v) is 4.42. The summed E-state index contributed by atoms with van der Waals surface area (Å²) in [5.74, 6) is 1.42. The van der Waals surface area contributed by atoms with E-state index < -0.39 is 0 Å². The highest BCUT2D eigenvalue weighted by Gasteiger charge is 2.14. The molecular formula is C15H18N4O3. The zero-order valence-corrected chi connectivity index (χ0v) is 12.7. The molecule has 0 aliphatic carbocycles. The van der Waals surface area contributed by atoms with Crippen LogP contribution in [0.4, 0.5) is 5.82 Å². The van der Waals surface area contributed by atoms with Crippen molar-refractivity contribution in [2.75, 3.05) is 26.5 Å². The van der Waals surface area contributed by atoms with Gasteiger partial charge in [0.1, 0.15) is 5.82 Å². The molecule has 1 aromatic heterocycles. The molecule has 1 amide bonds. The van der Waals surface area contributed by atoms with Crippen LogP contribution in [-0.4, -0.2) is 36.6 Å². The SMILES string of the molecule is CCNC(=O)c1cnc(-c2ccc(OC)c(OC)c2)nc1N. The smallest absolute Gasteiger partial charge is 0.256 e. The van der Waals surface area contributed by atoms with Crippen molar-refractivity contribution < 1.29 is 14.3 Å². The summed E-state index contributed by atoms with van der Waals surface area (Å²) in [6, 6.07) is 5.30. The minimum atomic E-state index is -0.293. The van der Waals surface area contributed by atoms with E-state index in [4.69, 9.17) is 15.2 Å². The van der Waals surface area contributed by atoms with Crippen molar-refractivity contribution >= 4 is 11.7 Å². The van der Waals surface area contributed by atoms with E-state index in [2.05, 4.69) is 15.3 Å². The Hall–Kier alpha value is -2.83. The van der Waals surface area contributed by atoms with Crippen LogP contribution in [-0.2, 0) is 0 Å². The van der Waals surface area contributed by atoms with Crippen molar-refractivity contribution in [2.45, 2.75) is 6.92 Å². The molecule has 0 atom stereocenters. The fourth-order valence-electron chi connectivity index (χ4n) is 1.94. The Morgan fingerprint density at radius 1 is 1.27 bits per heavy atom. The first-order valence-corrected chi connectivity index (χ1v) is 6.73. The number of methoxy groups -OCH3 is 2. The minimum absolute atomic E-state index is 0.130. The first-order valence-electron chi connectivity index (χ1n) is 6.73. The molecule has 7 nitrogen and oxygen atoms in total. The Morgan fingerprint density at radius 3 is 2.59 bits per heavy atom. The third-order valence-electron chi connectivity index (χ3n) is 3.04. The van der Waals surface area contributed by atoms with Crippen LogP contribution >= 0.6 is 0 Å². The van der Waals surface area contributed by atoms with Crippen LogP contribution in [0, 0.1) is 0 Å². The summed E-state index contributed by atoms with van der Waals surface area (Å²) >= 11 is 0. The second-order valence-electron chi connectivity index (χ2n) is 4.42. The number of nitrogens with zero attached hydrogens (tertiary/aromatic N) is 2. The van der Waals surface area contributed by atoms with Crippen molar-refractivity contribution in [3.05, 3.63) is 30.0 Å². The number of hydrogen-bond donors (Lipinski definition) is 2. The van der Waals surface area contributed by atoms with Gasteiger partial charge in [-0.25, -0.2) is 9.97 Å². The second kappa shape index (κ2) is 6.75. The quantitative estimate of drug-likeness (QED) is 0.868. The van der Waals surface area contributed by atoms with Gasteiger partial charge >= 0.3 is 0 Å². The predicted molar refractivity (Wildman–Crippen MR) is 83.0 cm³/mol. The average Bonchev–Trinajstić information content (AvgIpc) is 2.54. The van der Waals surface area contributed by atoms with E-state index in [9.17, 15) is 4.79 Å². The fraction of sp³-hybridized carbons (Fsp3) is 0.267. The molecule has 7 heteroatoms. The van der Waals surface area contributed by atoms with Crippen LogP contribution in [0.1, 0.15) is 17.3 Å². The summed E-state index contributed by atoms with van der Waals surface area (Å²) < 4.78 is 10.4. The Morgan fingerprint density at radius 2 is 2.00 bits per heavy atom. The number of hydrogen-bond acceptors (Lipinski definition) is 6. The number of carbonyl (C=O) groups is 1. The average molecular weight is 302 g/mol. The Kier molecular flexibility index (Phi) is 4.77. The number of amides is 1. The Bertz CT molecular complexity index is 688. The normalized spacial score (nSPS) is 10.1. The van der Waals surface area contributed by atoms with E-state index >= 15 is 0 Å². The highest BCUT2D eigenvalue weighted by molar-refractivity contribution is 5.98. The van der Waals surface area contributed by atoms with Gasteiger partial charge < -0.3 is 20.5 Å². The van der Waals surface area contributed by atoms with Crippen LogP contribution in [0.25, 0.3) is 11.4 Å². The molecule has 116 valence electrons. The van der Waals surface area contributed by atoms with Crippen molar-refractivity contribution in [3.63, 3.8) is 0 Å². The Balaban J connectivity index is 2.38. The summed E-state index contributed by atoms with van der Waals surface area (Å²) in [6.07, 6.45) is 1.42. The van der Waals surface area contributed by atoms with Gasteiger partial charge in [0.2, 0.25) is 0 Å². The topological polar surface area (TPSA) is 99.4 Å². The number of benzene rings is 1. The number of rotatable bonds is 5. The molecule has 0 bridgehead atoms. The third-order valence-corrected chi connectivity index (χ3v) is 3.04. The summed E-state index contributed by atoms with van der Waals surface area (Å²) in [5.41, 5.74) is 6.82. The van der Waals surface area contributed by atoms with Gasteiger partial charge in [-0.05, 0) is 25.1 Å². The molecule has 0 fully saturated rings. The maximum Gasteiger partial charge on any atom is 0.256 e. The van der Waals surface area contributed by atoms with Gasteiger partial charge in [-0.15, -0.1) is 0 Å². The molecule has 0 aliphatic heterocycles. The molecule has 0 spiro atoms. The van der Waals surface area contributed by atoms with Gasteiger partial charge in [-0.2, -0.15) is 0 Å². The van der Waals surface area contributed by atoms with Gasteiger partial charge in [0.15, 0.2) is 17.3 Å². The Labute approximate surface area is 128 Å². The molecule has 1 aromatic carbocycles. The van der Waals surface area contributed by atoms with E-state index in [1.807, 2.05) is 6.92 Å². The molecule has 3 N–H and O–H groups in total. The summed E-state index contributed by atoms with van der Waals surface area (Å²) in [7, 11) is 3.11. The summed E-state index contributed by atoms with van der Waals surface area (Å²) in [6.45, 7) is 2.34. The maximum absolute atomic E-state index is 11.8. The zero-order valence-electron chi connectivity index (χ0n) is 12.7. The number of anilines is 1. The first kappa shape index (κ1) is 15.6. The lowest BCUT2D eigenvalue weighted by Crippen LogP contribution is -2.24. The van der Waals surface area contributed by atoms with E-state index in [1.54, 1.807) is 32.4 Å². The predicted octanol–water partition coefficient (Wildman–Crippen LogP) is 1.49. The fourth-order valence-corrected chi connectivity index (χ4v) is 1.94. The maximum atomic E-state index is 11.8. The van der Waals surface area contributed by atoms with Gasteiger partial charge in [0.05, 0.1) is 19.8 Å². The molecule has 0 saturated carbocycles. The van der Waals surface area contributed by atoms with Crippen LogP contribution < -0.4 is 20.5 Å². The summed E-state index contributed by atoms with van der Waals surface area (Å²) in [5, 5.41) is 2.66. The lowest BCUT2D eigenvalue weighted by Gasteiger charge is -2.10. The third kappa shape index (κ3) is 3.08. The van der Waals surface area contributed by atoms with Crippen molar-refractivity contribution in [1.82, 2.24) is 15.3 Å². The van der Waals surface area contributed by atoms with Gasteiger partial charge in [0.25, 0.3) is 5.91 Å². The zero-order chi connectivity index (χ0) is 16.1. The van der Waals surface area contributed by atoms with Crippen molar-refractivity contribution in [3.8, 4) is 22.9 Å². The monoisotopic (exact) mass is 302 g/mol. The molecule has 1 heterocycles. The number of ether oxygens (including phenoxy) is 2. The number of nitrogens with one attached hydrogen (secondary N) is 1. The number of nitrogen functional groups attached to an aromatic ring is 1. The van der Waals surface area contributed by atoms with Crippen LogP contribution in [0.5, 0.6) is 11.5 Å². The van der Waals surface area contributed by atoms with Crippen molar-refractivity contribution in [1.29, 1.82) is 0 Å². The lowest BCUT2D eigenvalue weighted by atomic mass is 10.1. The number of carbonyl (C=O) groups excluding carboxylic acids is 1. The first-order chi connectivity index (χ1) is 10.6. The van der Waals surface area contributed by atoms with Gasteiger partial charge in [-0.1, -0.05) is 0 Å². The molecular weight excluding hydrogens is 284 g/mol. The highest BCUT2D eigenvalue weighted by Crippen LogP contribution is 2.31. The lowest BCUT2D eigenvalue weighted by molar-refractivity contribution is 0.0956. The molecule has 0 saturated heterocycles. The van der Waals surface area contributed by atoms with E-state index in [1.165, 1.54) is 6.20 Å². The highest BCUT2D eigenvalue weighted by atomic mass is 16.5. The van der Waals surface area contributed by atoms with E-state index in [0.29, 0.717) is 29.4 Å². The number of aromatic nitrogens is 2. The molecule has 0 unspecified atom stereocenters. The molecule has 0 aliphatic rings. The van der Waals surface area contributed by atoms with Gasteiger partial charge in [-0.3, -0.25) is 4.79 Å². The molecule has 22 heavy (non-hydrogen) atoms. The van der Waals surface area contributed by atoms with Crippen molar-refractivity contribution in [2.24, 2.45) is 0 Å².